The molecule has 208 valence electrons. The molecule has 0 aromatic heterocycles. The summed E-state index contributed by atoms with van der Waals surface area (Å²) in [4.78, 5) is 20.6. The summed E-state index contributed by atoms with van der Waals surface area (Å²) >= 11 is 0. The predicted molar refractivity (Wildman–Crippen MR) is 143 cm³/mol. The van der Waals surface area contributed by atoms with Crippen molar-refractivity contribution in [3.8, 4) is 28.7 Å². The number of hydrogen-bond acceptors (Lipinski definition) is 8. The molecule has 0 aliphatic carbocycles. The molecule has 0 amide bonds. The van der Waals surface area contributed by atoms with E-state index >= 15 is 0 Å². The molecule has 4 rings (SSSR count). The normalized spacial score (nSPS) is 11.4. The van der Waals surface area contributed by atoms with Crippen molar-refractivity contribution in [1.29, 1.82) is 0 Å². The van der Waals surface area contributed by atoms with Crippen LogP contribution in [-0.2, 0) is 29.1 Å². The monoisotopic (exact) mass is 539 g/mol. The Kier molecular flexibility index (Phi) is 10.8. The van der Waals surface area contributed by atoms with Crippen LogP contribution in [0.3, 0.4) is 0 Å². The fourth-order valence-electron chi connectivity index (χ4n) is 3.94. The Morgan fingerprint density at radius 3 is 2.13 bits per heavy atom. The van der Waals surface area contributed by atoms with Gasteiger partial charge in [0.1, 0.15) is 17.2 Å². The van der Waals surface area contributed by atoms with E-state index in [2.05, 4.69) is 35.2 Å². The smallest absolute Gasteiger partial charge is 0.414 e. The van der Waals surface area contributed by atoms with Gasteiger partial charge in [-0.1, -0.05) is 24.3 Å². The molecule has 0 bridgehead atoms. The molecular formula is C29H33NO9. The molecule has 0 unspecified atom stereocenters. The van der Waals surface area contributed by atoms with Crippen molar-refractivity contribution < 1.29 is 43.5 Å². The number of methoxy groups -OCH3 is 2. The van der Waals surface area contributed by atoms with Crippen LogP contribution in [-0.4, -0.2) is 61.2 Å². The number of carbonyl (C=O) groups is 2. The van der Waals surface area contributed by atoms with Crippen LogP contribution >= 0.6 is 0 Å². The minimum Gasteiger partial charge on any atom is -0.497 e. The lowest BCUT2D eigenvalue weighted by Crippen LogP contribution is -2.25. The Morgan fingerprint density at radius 1 is 0.821 bits per heavy atom. The molecule has 0 fully saturated rings. The lowest BCUT2D eigenvalue weighted by molar-refractivity contribution is -0.159. The third-order valence-electron chi connectivity index (χ3n) is 5.87. The maximum absolute atomic E-state index is 9.10. The van der Waals surface area contributed by atoms with E-state index in [0.717, 1.165) is 60.4 Å². The molecule has 0 radical (unpaired) electrons. The van der Waals surface area contributed by atoms with Crippen LogP contribution in [0.25, 0.3) is 0 Å². The van der Waals surface area contributed by atoms with Crippen molar-refractivity contribution in [3.63, 3.8) is 0 Å². The van der Waals surface area contributed by atoms with E-state index in [-0.39, 0.29) is 0 Å². The highest BCUT2D eigenvalue weighted by Crippen LogP contribution is 2.33. The van der Waals surface area contributed by atoms with Crippen LogP contribution in [0.4, 0.5) is 0 Å². The maximum Gasteiger partial charge on any atom is 0.414 e. The van der Waals surface area contributed by atoms with Gasteiger partial charge in [-0.2, -0.15) is 0 Å². The number of ether oxygens (including phenoxy) is 5. The fourth-order valence-corrected chi connectivity index (χ4v) is 3.94. The van der Waals surface area contributed by atoms with Crippen molar-refractivity contribution in [2.45, 2.75) is 26.4 Å². The van der Waals surface area contributed by atoms with Gasteiger partial charge >= 0.3 is 11.9 Å². The van der Waals surface area contributed by atoms with Gasteiger partial charge in [0, 0.05) is 31.3 Å². The predicted octanol–water partition coefficient (Wildman–Crippen LogP) is 4.23. The van der Waals surface area contributed by atoms with Crippen molar-refractivity contribution in [3.05, 3.63) is 77.4 Å². The third kappa shape index (κ3) is 8.82. The van der Waals surface area contributed by atoms with Crippen molar-refractivity contribution >= 4 is 11.9 Å². The summed E-state index contributed by atoms with van der Waals surface area (Å²) in [6, 6.07) is 20.5. The zero-order valence-electron chi connectivity index (χ0n) is 22.2. The highest BCUT2D eigenvalue weighted by molar-refractivity contribution is 6.27. The second-order valence-corrected chi connectivity index (χ2v) is 8.51. The number of nitrogens with zero attached hydrogens (tertiary/aromatic N) is 1. The second kappa shape index (κ2) is 14.5. The molecule has 39 heavy (non-hydrogen) atoms. The Balaban J connectivity index is 0.000000631. The van der Waals surface area contributed by atoms with E-state index in [1.54, 1.807) is 14.2 Å². The zero-order chi connectivity index (χ0) is 28.2. The molecule has 3 aromatic rings. The number of carboxylic acid groups (broad SMARTS) is 2. The Labute approximate surface area is 227 Å². The van der Waals surface area contributed by atoms with Crippen LogP contribution in [0.2, 0.25) is 0 Å². The third-order valence-corrected chi connectivity index (χ3v) is 5.87. The lowest BCUT2D eigenvalue weighted by Gasteiger charge is -2.24. The van der Waals surface area contributed by atoms with E-state index in [4.69, 9.17) is 43.5 Å². The van der Waals surface area contributed by atoms with Crippen LogP contribution in [0, 0.1) is 0 Å². The minimum atomic E-state index is -1.82. The average Bonchev–Trinajstić information content (AvgIpc) is 3.41. The van der Waals surface area contributed by atoms with Crippen molar-refractivity contribution in [2.24, 2.45) is 0 Å². The molecule has 0 saturated carbocycles. The molecule has 0 spiro atoms. The first kappa shape index (κ1) is 29.1. The zero-order valence-corrected chi connectivity index (χ0v) is 22.2. The molecule has 0 saturated heterocycles. The van der Waals surface area contributed by atoms with E-state index in [9.17, 15) is 0 Å². The molecule has 1 aliphatic heterocycles. The maximum atomic E-state index is 9.10. The number of carboxylic acids is 2. The topological polar surface area (TPSA) is 124 Å². The molecule has 1 aliphatic rings. The number of hydrogen-bond donors (Lipinski definition) is 2. The summed E-state index contributed by atoms with van der Waals surface area (Å²) in [5.74, 6) is 0.494. The van der Waals surface area contributed by atoms with E-state index in [0.29, 0.717) is 13.4 Å². The Hall–Kier alpha value is -4.44. The van der Waals surface area contributed by atoms with Gasteiger partial charge in [0.05, 0.1) is 20.8 Å². The first-order chi connectivity index (χ1) is 18.8. The van der Waals surface area contributed by atoms with Gasteiger partial charge in [-0.3, -0.25) is 4.90 Å². The standard InChI is InChI=1S/C27H31NO5.C2H2O4/c1-4-31-23-9-5-21(6-10-23)17-28(18-22-8-11-24(29-2)16-26(22)30-3)14-13-20-7-12-25-27(15-20)33-19-32-25;3-1(4)2(5)6/h5-12,15-16H,4,13-14,17-19H2,1-3H3;(H,3,4)(H,5,6). The summed E-state index contributed by atoms with van der Waals surface area (Å²) in [5, 5.41) is 14.8. The van der Waals surface area contributed by atoms with Gasteiger partial charge < -0.3 is 33.9 Å². The summed E-state index contributed by atoms with van der Waals surface area (Å²) in [5.41, 5.74) is 3.57. The fraction of sp³-hybridized carbons (Fsp3) is 0.310. The molecule has 0 atom stereocenters. The van der Waals surface area contributed by atoms with Crippen LogP contribution < -0.4 is 23.7 Å². The lowest BCUT2D eigenvalue weighted by atomic mass is 10.1. The van der Waals surface area contributed by atoms with Gasteiger partial charge in [-0.15, -0.1) is 0 Å². The van der Waals surface area contributed by atoms with Gasteiger partial charge in [0.25, 0.3) is 0 Å². The van der Waals surface area contributed by atoms with Crippen LogP contribution in [0.1, 0.15) is 23.6 Å². The molecule has 2 N–H and O–H groups in total. The second-order valence-electron chi connectivity index (χ2n) is 8.51. The molecule has 10 nitrogen and oxygen atoms in total. The van der Waals surface area contributed by atoms with Crippen molar-refractivity contribution in [2.75, 3.05) is 34.2 Å². The Bertz CT molecular complexity index is 1230. The molecule has 3 aromatic carbocycles. The van der Waals surface area contributed by atoms with E-state index in [1.807, 2.05) is 37.3 Å². The largest absolute Gasteiger partial charge is 0.497 e. The van der Waals surface area contributed by atoms with Crippen LogP contribution in [0.15, 0.2) is 60.7 Å². The molecular weight excluding hydrogens is 506 g/mol. The number of rotatable bonds is 11. The number of benzene rings is 3. The van der Waals surface area contributed by atoms with Gasteiger partial charge in [-0.05, 0) is 54.8 Å². The Morgan fingerprint density at radius 2 is 1.49 bits per heavy atom. The van der Waals surface area contributed by atoms with E-state index in [1.165, 1.54) is 11.1 Å². The SMILES string of the molecule is CCOc1ccc(CN(CCc2ccc3c(c2)OCO3)Cc2ccc(OC)cc2OC)cc1.O=C(O)C(=O)O. The highest BCUT2D eigenvalue weighted by atomic mass is 16.7. The highest BCUT2D eigenvalue weighted by Gasteiger charge is 2.16. The summed E-state index contributed by atoms with van der Waals surface area (Å²) < 4.78 is 27.6. The number of fused-ring (bicyclic) bond motifs is 1. The quantitative estimate of drug-likeness (QED) is 0.342. The van der Waals surface area contributed by atoms with Crippen molar-refractivity contribution in [1.82, 2.24) is 4.90 Å². The summed E-state index contributed by atoms with van der Waals surface area (Å²) in [6.07, 6.45) is 0.895. The molecule has 1 heterocycles. The van der Waals surface area contributed by atoms with Crippen LogP contribution in [0.5, 0.6) is 28.7 Å². The number of aliphatic carboxylic acids is 2. The summed E-state index contributed by atoms with van der Waals surface area (Å²) in [7, 11) is 3.36. The van der Waals surface area contributed by atoms with Gasteiger partial charge in [0.15, 0.2) is 11.5 Å². The first-order valence-electron chi connectivity index (χ1n) is 12.3. The average molecular weight is 540 g/mol. The first-order valence-corrected chi connectivity index (χ1v) is 12.3. The molecule has 10 heteroatoms. The van der Waals surface area contributed by atoms with Gasteiger partial charge in [-0.25, -0.2) is 9.59 Å². The summed E-state index contributed by atoms with van der Waals surface area (Å²) in [6.45, 7) is 5.39. The van der Waals surface area contributed by atoms with E-state index < -0.39 is 11.9 Å². The van der Waals surface area contributed by atoms with Gasteiger partial charge in [0.2, 0.25) is 6.79 Å². The minimum absolute atomic E-state index is 0.292.